The molecule has 0 saturated carbocycles. The average molecular weight is 300 g/mol. The Kier molecular flexibility index (Phi) is 3.49. The Morgan fingerprint density at radius 3 is 2.76 bits per heavy atom. The number of carbonyl (C=O) groups excluding carboxylic acids is 1. The molecule has 3 rings (SSSR count). The quantitative estimate of drug-likeness (QED) is 0.804. The van der Waals surface area contributed by atoms with Crippen LogP contribution in [0.5, 0.6) is 0 Å². The zero-order valence-corrected chi connectivity index (χ0v) is 12.3. The molecule has 0 aliphatic carbocycles. The third kappa shape index (κ3) is 2.82. The number of anilines is 1. The smallest absolute Gasteiger partial charge is 0.322 e. The lowest BCUT2D eigenvalue weighted by Crippen LogP contribution is -2.13. The van der Waals surface area contributed by atoms with Crippen molar-refractivity contribution in [1.82, 2.24) is 15.2 Å². The van der Waals surface area contributed by atoms with Crippen LogP contribution in [0.2, 0.25) is 0 Å². The number of carbonyl (C=O) groups is 1. The van der Waals surface area contributed by atoms with Gasteiger partial charge in [-0.3, -0.25) is 10.1 Å². The highest BCUT2D eigenvalue weighted by molar-refractivity contribution is 7.09. The third-order valence-electron chi connectivity index (χ3n) is 2.87. The molecule has 1 aromatic carbocycles. The molecule has 0 spiro atoms. The van der Waals surface area contributed by atoms with Crippen LogP contribution in [-0.2, 0) is 0 Å². The summed E-state index contributed by atoms with van der Waals surface area (Å²) in [6.07, 6.45) is 0. The molecule has 0 aliphatic rings. The second-order valence-electron chi connectivity index (χ2n) is 4.43. The van der Waals surface area contributed by atoms with E-state index in [1.807, 2.05) is 31.4 Å². The summed E-state index contributed by atoms with van der Waals surface area (Å²) in [6.45, 7) is 3.76. The van der Waals surface area contributed by atoms with Crippen molar-refractivity contribution in [1.29, 1.82) is 0 Å². The Labute approximate surface area is 124 Å². The molecule has 0 aliphatic heterocycles. The number of benzene rings is 1. The van der Waals surface area contributed by atoms with Gasteiger partial charge in [0.05, 0.1) is 5.01 Å². The maximum Gasteiger partial charge on any atom is 0.322 e. The van der Waals surface area contributed by atoms with Crippen LogP contribution < -0.4 is 5.32 Å². The van der Waals surface area contributed by atoms with Crippen LogP contribution in [0, 0.1) is 13.8 Å². The van der Waals surface area contributed by atoms with Crippen LogP contribution in [0.3, 0.4) is 0 Å². The summed E-state index contributed by atoms with van der Waals surface area (Å²) in [4.78, 5) is 16.4. The first-order valence-corrected chi connectivity index (χ1v) is 7.14. The van der Waals surface area contributed by atoms with E-state index in [0.717, 1.165) is 10.6 Å². The fraction of sp³-hybridized carbons (Fsp3) is 0.143. The molecule has 7 heteroatoms. The SMILES string of the molecule is Cc1nc(-c2nnc(NC(=O)c3ccccc3C)o2)cs1. The minimum Gasteiger partial charge on any atom is -0.401 e. The molecule has 6 nitrogen and oxygen atoms in total. The molecule has 0 saturated heterocycles. The van der Waals surface area contributed by atoms with Crippen molar-refractivity contribution in [3.63, 3.8) is 0 Å². The molecule has 0 atom stereocenters. The lowest BCUT2D eigenvalue weighted by atomic mass is 10.1. The minimum absolute atomic E-state index is 0.0592. The summed E-state index contributed by atoms with van der Waals surface area (Å²) in [5, 5.41) is 13.0. The maximum absolute atomic E-state index is 12.1. The van der Waals surface area contributed by atoms with E-state index in [-0.39, 0.29) is 11.9 Å². The minimum atomic E-state index is -0.280. The number of aromatic nitrogens is 3. The number of thiazole rings is 1. The van der Waals surface area contributed by atoms with Gasteiger partial charge in [-0.15, -0.1) is 16.4 Å². The molecule has 106 valence electrons. The molecule has 0 radical (unpaired) electrons. The number of amides is 1. The zero-order chi connectivity index (χ0) is 14.8. The normalized spacial score (nSPS) is 10.6. The van der Waals surface area contributed by atoms with E-state index in [1.54, 1.807) is 12.1 Å². The molecule has 0 unspecified atom stereocenters. The van der Waals surface area contributed by atoms with Crippen LogP contribution in [0.4, 0.5) is 6.01 Å². The summed E-state index contributed by atoms with van der Waals surface area (Å²) in [5.41, 5.74) is 2.06. The van der Waals surface area contributed by atoms with Crippen molar-refractivity contribution >= 4 is 23.3 Å². The van der Waals surface area contributed by atoms with E-state index in [1.165, 1.54) is 11.3 Å². The molecular weight excluding hydrogens is 288 g/mol. The lowest BCUT2D eigenvalue weighted by Gasteiger charge is -2.03. The molecular formula is C14H12N4O2S. The summed E-state index contributed by atoms with van der Waals surface area (Å²) in [5.74, 6) is 0.0113. The Balaban J connectivity index is 1.79. The number of nitrogens with one attached hydrogen (secondary N) is 1. The van der Waals surface area contributed by atoms with Crippen molar-refractivity contribution in [2.45, 2.75) is 13.8 Å². The second-order valence-corrected chi connectivity index (χ2v) is 5.50. The molecule has 1 N–H and O–H groups in total. The number of hydrogen-bond acceptors (Lipinski definition) is 6. The molecule has 3 aromatic rings. The average Bonchev–Trinajstić information content (AvgIpc) is 3.08. The Morgan fingerprint density at radius 1 is 1.24 bits per heavy atom. The van der Waals surface area contributed by atoms with Gasteiger partial charge in [0.25, 0.3) is 11.8 Å². The van der Waals surface area contributed by atoms with E-state index in [9.17, 15) is 4.79 Å². The Bertz CT molecular complexity index is 794. The first kappa shape index (κ1) is 13.4. The van der Waals surface area contributed by atoms with Gasteiger partial charge in [0.2, 0.25) is 0 Å². The summed E-state index contributed by atoms with van der Waals surface area (Å²) in [6, 6.07) is 7.35. The first-order valence-electron chi connectivity index (χ1n) is 6.26. The molecule has 0 bridgehead atoms. The van der Waals surface area contributed by atoms with E-state index < -0.39 is 0 Å². The standard InChI is InChI=1S/C14H12N4O2S/c1-8-5-3-4-6-10(8)12(19)16-14-18-17-13(20-14)11-7-21-9(2)15-11/h3-7H,1-2H3,(H,16,18,19). The van der Waals surface area contributed by atoms with Gasteiger partial charge in [-0.2, -0.15) is 0 Å². The largest absolute Gasteiger partial charge is 0.401 e. The van der Waals surface area contributed by atoms with Crippen molar-refractivity contribution in [2.24, 2.45) is 0 Å². The van der Waals surface area contributed by atoms with Crippen LogP contribution in [0.1, 0.15) is 20.9 Å². The molecule has 2 heterocycles. The van der Waals surface area contributed by atoms with Crippen molar-refractivity contribution < 1.29 is 9.21 Å². The van der Waals surface area contributed by atoms with Crippen LogP contribution >= 0.6 is 11.3 Å². The maximum atomic E-state index is 12.1. The van der Waals surface area contributed by atoms with Gasteiger partial charge in [0.1, 0.15) is 5.69 Å². The molecule has 0 fully saturated rings. The zero-order valence-electron chi connectivity index (χ0n) is 11.5. The van der Waals surface area contributed by atoms with Crippen LogP contribution in [0.25, 0.3) is 11.6 Å². The van der Waals surface area contributed by atoms with Gasteiger partial charge in [0.15, 0.2) is 0 Å². The monoisotopic (exact) mass is 300 g/mol. The third-order valence-corrected chi connectivity index (χ3v) is 3.65. The highest BCUT2D eigenvalue weighted by Gasteiger charge is 2.15. The number of hydrogen-bond donors (Lipinski definition) is 1. The molecule has 2 aromatic heterocycles. The van der Waals surface area contributed by atoms with Gasteiger partial charge >= 0.3 is 6.01 Å². The number of nitrogens with zero attached hydrogens (tertiary/aromatic N) is 3. The predicted octanol–water partition coefficient (Wildman–Crippen LogP) is 3.06. The number of aryl methyl sites for hydroxylation is 2. The van der Waals surface area contributed by atoms with Gasteiger partial charge in [-0.1, -0.05) is 23.3 Å². The highest BCUT2D eigenvalue weighted by atomic mass is 32.1. The van der Waals surface area contributed by atoms with E-state index in [0.29, 0.717) is 17.1 Å². The van der Waals surface area contributed by atoms with Crippen molar-refractivity contribution in [3.05, 3.63) is 45.8 Å². The first-order chi connectivity index (χ1) is 10.1. The highest BCUT2D eigenvalue weighted by Crippen LogP contribution is 2.22. The summed E-state index contributed by atoms with van der Waals surface area (Å²) in [7, 11) is 0. The van der Waals surface area contributed by atoms with Crippen molar-refractivity contribution in [2.75, 3.05) is 5.32 Å². The molecule has 1 amide bonds. The number of rotatable bonds is 3. The van der Waals surface area contributed by atoms with Gasteiger partial charge < -0.3 is 4.42 Å². The van der Waals surface area contributed by atoms with E-state index >= 15 is 0 Å². The van der Waals surface area contributed by atoms with Gasteiger partial charge in [-0.25, -0.2) is 4.98 Å². The molecule has 21 heavy (non-hydrogen) atoms. The summed E-state index contributed by atoms with van der Waals surface area (Å²) >= 11 is 1.49. The summed E-state index contributed by atoms with van der Waals surface area (Å²) < 4.78 is 5.41. The van der Waals surface area contributed by atoms with Gasteiger partial charge in [-0.05, 0) is 25.5 Å². The van der Waals surface area contributed by atoms with Gasteiger partial charge in [0, 0.05) is 10.9 Å². The van der Waals surface area contributed by atoms with Crippen molar-refractivity contribution in [3.8, 4) is 11.6 Å². The van der Waals surface area contributed by atoms with Crippen LogP contribution in [0.15, 0.2) is 34.1 Å². The Morgan fingerprint density at radius 2 is 2.05 bits per heavy atom. The van der Waals surface area contributed by atoms with Crippen LogP contribution in [-0.4, -0.2) is 21.1 Å². The Hall–Kier alpha value is -2.54. The fourth-order valence-corrected chi connectivity index (χ4v) is 2.42. The van der Waals surface area contributed by atoms with E-state index in [4.69, 9.17) is 4.42 Å². The fourth-order valence-electron chi connectivity index (χ4n) is 1.83. The van der Waals surface area contributed by atoms with E-state index in [2.05, 4.69) is 20.5 Å². The second kappa shape index (κ2) is 5.45. The predicted molar refractivity (Wildman–Crippen MR) is 79.3 cm³/mol. The topological polar surface area (TPSA) is 80.9 Å². The lowest BCUT2D eigenvalue weighted by molar-refractivity contribution is 0.102.